The molecule has 1 heterocycles. The summed E-state index contributed by atoms with van der Waals surface area (Å²) >= 11 is 0. The average Bonchev–Trinajstić information content (AvgIpc) is 2.86. The van der Waals surface area contributed by atoms with Crippen LogP contribution in [0.1, 0.15) is 18.4 Å². The maximum Gasteiger partial charge on any atom is 0.416 e. The van der Waals surface area contributed by atoms with Gasteiger partial charge in [-0.25, -0.2) is 13.9 Å². The van der Waals surface area contributed by atoms with Crippen molar-refractivity contribution < 1.29 is 45.9 Å². The van der Waals surface area contributed by atoms with Crippen molar-refractivity contribution in [1.29, 1.82) is 0 Å². The number of alkyl halides is 3. The third kappa shape index (κ3) is 7.81. The van der Waals surface area contributed by atoms with Gasteiger partial charge in [-0.15, -0.1) is 0 Å². The molecule has 0 aliphatic carbocycles. The number of carbonyl (C=O) groups excluding carboxylic acids is 2. The summed E-state index contributed by atoms with van der Waals surface area (Å²) in [7, 11) is -3.95. The summed E-state index contributed by atoms with van der Waals surface area (Å²) in [5.41, 5.74) is 0.735. The molecule has 0 radical (unpaired) electrons. The van der Waals surface area contributed by atoms with Crippen LogP contribution >= 0.6 is 0 Å². The second-order valence-corrected chi connectivity index (χ2v) is 10.2. The second kappa shape index (κ2) is 11.8. The number of benzene rings is 2. The average molecular weight is 546 g/mol. The topological polar surface area (TPSA) is 134 Å². The molecular weight excluding hydrogens is 519 g/mol. The van der Waals surface area contributed by atoms with E-state index in [4.69, 9.17) is 14.7 Å². The predicted octanol–water partition coefficient (Wildman–Crippen LogP) is 2.68. The van der Waals surface area contributed by atoms with E-state index >= 15 is 0 Å². The highest BCUT2D eigenvalue weighted by Gasteiger charge is 2.32. The molecule has 2 aromatic carbocycles. The molecule has 37 heavy (non-hydrogen) atoms. The van der Waals surface area contributed by atoms with Crippen LogP contribution < -0.4 is 19.8 Å². The normalized spacial score (nSPS) is 15.5. The van der Waals surface area contributed by atoms with Crippen molar-refractivity contribution >= 4 is 27.5 Å². The zero-order chi connectivity index (χ0) is 27.2. The third-order valence-electron chi connectivity index (χ3n) is 5.63. The quantitative estimate of drug-likeness (QED) is 0.326. The number of halogens is 3. The van der Waals surface area contributed by atoms with Gasteiger partial charge in [-0.1, -0.05) is 0 Å². The SMILES string of the molecule is CS(=O)(=O)N(CC(NC(=O)C1CCOCC1)C(=O)NO)c1ccc(Oc2ccc(C(F)(F)F)cc2)cc1. The van der Waals surface area contributed by atoms with E-state index in [1.807, 2.05) is 0 Å². The van der Waals surface area contributed by atoms with Crippen LogP contribution in [-0.4, -0.2) is 57.5 Å². The lowest BCUT2D eigenvalue weighted by atomic mass is 9.99. The van der Waals surface area contributed by atoms with Crippen molar-refractivity contribution in [3.63, 3.8) is 0 Å². The molecule has 202 valence electrons. The Morgan fingerprint density at radius 1 is 1.08 bits per heavy atom. The van der Waals surface area contributed by atoms with Gasteiger partial charge in [0.05, 0.1) is 24.1 Å². The summed E-state index contributed by atoms with van der Waals surface area (Å²) in [6, 6.07) is 8.17. The summed E-state index contributed by atoms with van der Waals surface area (Å²) in [6.45, 7) is 0.246. The molecule has 1 aliphatic rings. The lowest BCUT2D eigenvalue weighted by Gasteiger charge is -2.29. The highest BCUT2D eigenvalue weighted by Crippen LogP contribution is 2.32. The first-order chi connectivity index (χ1) is 17.4. The van der Waals surface area contributed by atoms with E-state index in [-0.39, 0.29) is 17.2 Å². The van der Waals surface area contributed by atoms with E-state index in [2.05, 4.69) is 5.32 Å². The maximum absolute atomic E-state index is 12.7. The molecule has 0 bridgehead atoms. The first-order valence-corrected chi connectivity index (χ1v) is 13.0. The van der Waals surface area contributed by atoms with Crippen LogP contribution in [0.25, 0.3) is 0 Å². The number of sulfonamides is 1. The van der Waals surface area contributed by atoms with Crippen molar-refractivity contribution in [2.24, 2.45) is 5.92 Å². The summed E-state index contributed by atoms with van der Waals surface area (Å²) < 4.78 is 74.9. The Morgan fingerprint density at radius 2 is 1.62 bits per heavy atom. The number of nitrogens with one attached hydrogen (secondary N) is 2. The van der Waals surface area contributed by atoms with E-state index in [9.17, 15) is 31.2 Å². The van der Waals surface area contributed by atoms with Gasteiger partial charge in [0.2, 0.25) is 15.9 Å². The lowest BCUT2D eigenvalue weighted by Crippen LogP contribution is -2.54. The van der Waals surface area contributed by atoms with Crippen molar-refractivity contribution in [3.8, 4) is 11.5 Å². The minimum Gasteiger partial charge on any atom is -0.457 e. The van der Waals surface area contributed by atoms with Crippen LogP contribution in [0.5, 0.6) is 11.5 Å². The highest BCUT2D eigenvalue weighted by molar-refractivity contribution is 7.92. The lowest BCUT2D eigenvalue weighted by molar-refractivity contribution is -0.137. The summed E-state index contributed by atoms with van der Waals surface area (Å²) in [5, 5.41) is 11.6. The molecule has 2 amide bonds. The first kappa shape index (κ1) is 28.2. The smallest absolute Gasteiger partial charge is 0.416 e. The fourth-order valence-electron chi connectivity index (χ4n) is 3.65. The number of rotatable bonds is 9. The molecule has 1 aliphatic heterocycles. The third-order valence-corrected chi connectivity index (χ3v) is 6.79. The molecule has 10 nitrogen and oxygen atoms in total. The summed E-state index contributed by atoms with van der Waals surface area (Å²) in [5.74, 6) is -1.54. The zero-order valence-electron chi connectivity index (χ0n) is 19.7. The second-order valence-electron chi connectivity index (χ2n) is 8.34. The summed E-state index contributed by atoms with van der Waals surface area (Å²) in [6.07, 6.45) is -2.69. The maximum atomic E-state index is 12.7. The number of carbonyl (C=O) groups is 2. The number of anilines is 1. The molecule has 3 N–H and O–H groups in total. The van der Waals surface area contributed by atoms with Crippen molar-refractivity contribution in [2.45, 2.75) is 25.1 Å². The molecule has 2 aromatic rings. The standard InChI is InChI=1S/C23H26F3N3O7S/c1-37(33,34)29(14-20(22(31)28-32)27-21(30)15-10-12-35-13-11-15)17-4-8-19(9-5-17)36-18-6-2-16(3-7-18)23(24,25)26/h2-9,15,20,32H,10-14H2,1H3,(H,27,30)(H,28,31). The van der Waals surface area contributed by atoms with Crippen LogP contribution in [-0.2, 0) is 30.5 Å². The molecule has 1 saturated heterocycles. The summed E-state index contributed by atoms with van der Waals surface area (Å²) in [4.78, 5) is 24.9. The molecule has 0 spiro atoms. The van der Waals surface area contributed by atoms with Crippen LogP contribution in [0.4, 0.5) is 18.9 Å². The Bertz CT molecular complexity index is 1180. The molecule has 1 fully saturated rings. The van der Waals surface area contributed by atoms with Gasteiger partial charge in [0.1, 0.15) is 17.5 Å². The highest BCUT2D eigenvalue weighted by atomic mass is 32.2. The largest absolute Gasteiger partial charge is 0.457 e. The van der Waals surface area contributed by atoms with Crippen LogP contribution in [0.2, 0.25) is 0 Å². The Morgan fingerprint density at radius 3 is 2.11 bits per heavy atom. The molecule has 1 unspecified atom stereocenters. The van der Waals surface area contributed by atoms with E-state index in [1.54, 1.807) is 0 Å². The van der Waals surface area contributed by atoms with E-state index in [0.29, 0.717) is 26.1 Å². The number of hydrogen-bond donors (Lipinski definition) is 3. The zero-order valence-corrected chi connectivity index (χ0v) is 20.5. The Balaban J connectivity index is 1.75. The number of hydrogen-bond acceptors (Lipinski definition) is 7. The van der Waals surface area contributed by atoms with E-state index in [0.717, 1.165) is 34.8 Å². The molecule has 0 saturated carbocycles. The molecule has 0 aromatic heterocycles. The first-order valence-electron chi connectivity index (χ1n) is 11.1. The van der Waals surface area contributed by atoms with Crippen LogP contribution in [0, 0.1) is 5.92 Å². The predicted molar refractivity (Wildman–Crippen MR) is 126 cm³/mol. The van der Waals surface area contributed by atoms with Gasteiger partial charge < -0.3 is 14.8 Å². The monoisotopic (exact) mass is 545 g/mol. The van der Waals surface area contributed by atoms with Gasteiger partial charge in [-0.3, -0.25) is 19.1 Å². The van der Waals surface area contributed by atoms with Crippen LogP contribution in [0.15, 0.2) is 48.5 Å². The minimum absolute atomic E-state index is 0.123. The van der Waals surface area contributed by atoms with Gasteiger partial charge in [-0.05, 0) is 61.4 Å². The minimum atomic E-state index is -4.48. The Kier molecular flexibility index (Phi) is 8.99. The molecular formula is C23H26F3N3O7S. The fourth-order valence-corrected chi connectivity index (χ4v) is 4.57. The number of ether oxygens (including phenoxy) is 2. The van der Waals surface area contributed by atoms with Crippen molar-refractivity contribution in [2.75, 3.05) is 30.3 Å². The van der Waals surface area contributed by atoms with Gasteiger partial charge in [0.15, 0.2) is 0 Å². The van der Waals surface area contributed by atoms with Gasteiger partial charge in [-0.2, -0.15) is 13.2 Å². The van der Waals surface area contributed by atoms with Gasteiger partial charge in [0, 0.05) is 19.1 Å². The van der Waals surface area contributed by atoms with Crippen molar-refractivity contribution in [1.82, 2.24) is 10.8 Å². The van der Waals surface area contributed by atoms with Gasteiger partial charge >= 0.3 is 6.18 Å². The number of nitrogens with zero attached hydrogens (tertiary/aromatic N) is 1. The van der Waals surface area contributed by atoms with E-state index < -0.39 is 52.1 Å². The number of amides is 2. The Hall–Kier alpha value is -3.36. The van der Waals surface area contributed by atoms with Gasteiger partial charge in [0.25, 0.3) is 5.91 Å². The van der Waals surface area contributed by atoms with E-state index in [1.165, 1.54) is 29.7 Å². The molecule has 1 atom stereocenters. The van der Waals surface area contributed by atoms with Crippen molar-refractivity contribution in [3.05, 3.63) is 54.1 Å². The molecule has 3 rings (SSSR count). The Labute approximate surface area is 211 Å². The number of hydroxylamine groups is 1. The molecule has 14 heteroatoms. The fraction of sp³-hybridized carbons (Fsp3) is 0.391. The van der Waals surface area contributed by atoms with Crippen LogP contribution in [0.3, 0.4) is 0 Å².